The molecule has 5 nitrogen and oxygen atoms in total. The van der Waals surface area contributed by atoms with Crippen LogP contribution in [0.5, 0.6) is 0 Å². The zero-order chi connectivity index (χ0) is 9.30. The summed E-state index contributed by atoms with van der Waals surface area (Å²) in [5.41, 5.74) is 5.90. The van der Waals surface area contributed by atoms with E-state index in [1.165, 1.54) is 0 Å². The Balaban J connectivity index is 2.94. The number of aliphatic hydroxyl groups excluding tert-OH is 1. The second kappa shape index (κ2) is 3.64. The molecule has 5 N–H and O–H groups in total. The highest BCUT2D eigenvalue weighted by Crippen LogP contribution is 2.44. The van der Waals surface area contributed by atoms with E-state index in [4.69, 9.17) is 15.5 Å². The molecule has 7 heteroatoms. The van der Waals surface area contributed by atoms with Gasteiger partial charge in [0, 0.05) is 0 Å². The first-order chi connectivity index (χ1) is 5.52. The van der Waals surface area contributed by atoms with Gasteiger partial charge in [0.05, 0.1) is 10.6 Å². The first kappa shape index (κ1) is 9.83. The van der Waals surface area contributed by atoms with E-state index in [1.54, 1.807) is 6.92 Å². The van der Waals surface area contributed by atoms with E-state index in [1.807, 2.05) is 0 Å². The third kappa shape index (κ3) is 1.91. The molecule has 0 saturated heterocycles. The Morgan fingerprint density at radius 2 is 2.17 bits per heavy atom. The van der Waals surface area contributed by atoms with Gasteiger partial charge in [0.15, 0.2) is 11.0 Å². The van der Waals surface area contributed by atoms with Gasteiger partial charge in [-0.2, -0.15) is 0 Å². The van der Waals surface area contributed by atoms with Crippen LogP contribution in [0.15, 0.2) is 0 Å². The summed E-state index contributed by atoms with van der Waals surface area (Å²) in [6, 6.07) is 0. The monoisotopic (exact) mass is 208 g/mol. The van der Waals surface area contributed by atoms with Gasteiger partial charge in [-0.05, 0) is 6.92 Å². The maximum Gasteiger partial charge on any atom is 0.201 e. The number of nitrogens with two attached hydrogens (primary N) is 1. The molecule has 0 aliphatic carbocycles. The fourth-order valence-corrected chi connectivity index (χ4v) is 2.32. The zero-order valence-electron chi connectivity index (χ0n) is 6.30. The van der Waals surface area contributed by atoms with Crippen molar-refractivity contribution in [2.24, 2.45) is 0 Å². The molecule has 0 spiro atoms. The third-order valence-corrected chi connectivity index (χ3v) is 3.21. The number of nitrogen functional groups attached to an aromatic ring is 1. The number of aromatic nitrogens is 1. The maximum absolute atomic E-state index is 9.24. The molecule has 1 aromatic rings. The van der Waals surface area contributed by atoms with Gasteiger partial charge in [0.2, 0.25) is 8.38 Å². The SMILES string of the molecule is Cc1nc(N)sc1C(O)P(O)O. The van der Waals surface area contributed by atoms with Gasteiger partial charge in [-0.25, -0.2) is 4.98 Å². The van der Waals surface area contributed by atoms with E-state index in [0.29, 0.717) is 15.7 Å². The average molecular weight is 208 g/mol. The molecule has 0 bridgehead atoms. The van der Waals surface area contributed by atoms with Crippen molar-refractivity contribution in [3.8, 4) is 0 Å². The van der Waals surface area contributed by atoms with Crippen LogP contribution in [-0.4, -0.2) is 19.9 Å². The van der Waals surface area contributed by atoms with Gasteiger partial charge < -0.3 is 20.6 Å². The molecule has 0 radical (unpaired) electrons. The summed E-state index contributed by atoms with van der Waals surface area (Å²) in [5.74, 6) is -1.25. The summed E-state index contributed by atoms with van der Waals surface area (Å²) in [4.78, 5) is 21.7. The van der Waals surface area contributed by atoms with Crippen molar-refractivity contribution in [1.29, 1.82) is 0 Å². The minimum Gasteiger partial charge on any atom is -0.378 e. The molecule has 1 atom stereocenters. The Morgan fingerprint density at radius 1 is 1.58 bits per heavy atom. The minimum absolute atomic E-state index is 0.318. The van der Waals surface area contributed by atoms with E-state index in [9.17, 15) is 5.11 Å². The first-order valence-electron chi connectivity index (χ1n) is 3.10. The quantitative estimate of drug-likeness (QED) is 0.524. The van der Waals surface area contributed by atoms with Crippen LogP contribution >= 0.6 is 19.7 Å². The lowest BCUT2D eigenvalue weighted by Crippen LogP contribution is -1.93. The summed E-state index contributed by atoms with van der Waals surface area (Å²) in [6.07, 6.45) is 0. The van der Waals surface area contributed by atoms with E-state index in [0.717, 1.165) is 11.3 Å². The van der Waals surface area contributed by atoms with Gasteiger partial charge in [0.1, 0.15) is 0 Å². The van der Waals surface area contributed by atoms with Gasteiger partial charge in [-0.15, -0.1) is 0 Å². The van der Waals surface area contributed by atoms with Crippen molar-refractivity contribution >= 4 is 24.8 Å². The minimum atomic E-state index is -2.37. The van der Waals surface area contributed by atoms with Crippen LogP contribution in [0, 0.1) is 6.92 Å². The van der Waals surface area contributed by atoms with Gasteiger partial charge in [-0.3, -0.25) is 0 Å². The zero-order valence-corrected chi connectivity index (χ0v) is 8.01. The first-order valence-corrected chi connectivity index (χ1v) is 5.23. The highest BCUT2D eigenvalue weighted by atomic mass is 32.1. The summed E-state index contributed by atoms with van der Waals surface area (Å²) < 4.78 is 0. The molecule has 68 valence electrons. The lowest BCUT2D eigenvalue weighted by Gasteiger charge is -2.08. The normalized spacial score (nSPS) is 13.8. The second-order valence-electron chi connectivity index (χ2n) is 2.20. The Kier molecular flexibility index (Phi) is 2.98. The molecular formula is C5H9N2O3PS. The molecule has 1 rings (SSSR count). The molecular weight excluding hydrogens is 199 g/mol. The Hall–Kier alpha value is -0.260. The fourth-order valence-electron chi connectivity index (χ4n) is 0.774. The van der Waals surface area contributed by atoms with E-state index < -0.39 is 14.2 Å². The maximum atomic E-state index is 9.24. The van der Waals surface area contributed by atoms with E-state index in [-0.39, 0.29) is 0 Å². The van der Waals surface area contributed by atoms with E-state index in [2.05, 4.69) is 4.98 Å². The summed E-state index contributed by atoms with van der Waals surface area (Å²) in [5, 5.41) is 9.55. The number of hydrogen-bond donors (Lipinski definition) is 4. The number of rotatable bonds is 2. The van der Waals surface area contributed by atoms with Crippen LogP contribution in [0.3, 0.4) is 0 Å². The number of nitrogens with zero attached hydrogens (tertiary/aromatic N) is 1. The van der Waals surface area contributed by atoms with Crippen molar-refractivity contribution in [3.63, 3.8) is 0 Å². The van der Waals surface area contributed by atoms with Gasteiger partial charge in [0.25, 0.3) is 0 Å². The number of anilines is 1. The van der Waals surface area contributed by atoms with Crippen LogP contribution in [0.25, 0.3) is 0 Å². The van der Waals surface area contributed by atoms with Crippen LogP contribution in [-0.2, 0) is 0 Å². The largest absolute Gasteiger partial charge is 0.378 e. The van der Waals surface area contributed by atoms with Crippen molar-refractivity contribution < 1.29 is 14.9 Å². The Bertz CT molecular complexity index is 278. The summed E-state index contributed by atoms with van der Waals surface area (Å²) >= 11 is 1.06. The van der Waals surface area contributed by atoms with Gasteiger partial charge >= 0.3 is 0 Å². The lowest BCUT2D eigenvalue weighted by molar-refractivity contribution is 0.235. The molecule has 0 amide bonds. The molecule has 1 aromatic heterocycles. The fraction of sp³-hybridized carbons (Fsp3) is 0.400. The molecule has 0 aliphatic rings. The Morgan fingerprint density at radius 3 is 2.50 bits per heavy atom. The van der Waals surface area contributed by atoms with Crippen molar-refractivity contribution in [1.82, 2.24) is 4.98 Å². The summed E-state index contributed by atoms with van der Waals surface area (Å²) in [6.45, 7) is 1.66. The highest BCUT2D eigenvalue weighted by molar-refractivity contribution is 7.45. The number of hydrogen-bond acceptors (Lipinski definition) is 6. The number of aliphatic hydroxyl groups is 1. The third-order valence-electron chi connectivity index (χ3n) is 1.30. The molecule has 0 saturated carbocycles. The van der Waals surface area contributed by atoms with Crippen molar-refractivity contribution in [3.05, 3.63) is 10.6 Å². The van der Waals surface area contributed by atoms with Crippen molar-refractivity contribution in [2.45, 2.75) is 12.8 Å². The Labute approximate surface area is 74.4 Å². The molecule has 0 aliphatic heterocycles. The highest BCUT2D eigenvalue weighted by Gasteiger charge is 2.21. The number of thiazole rings is 1. The smallest absolute Gasteiger partial charge is 0.201 e. The van der Waals surface area contributed by atoms with Crippen molar-refractivity contribution in [2.75, 3.05) is 5.73 Å². The lowest BCUT2D eigenvalue weighted by atomic mass is 10.4. The topological polar surface area (TPSA) is 99.6 Å². The molecule has 0 aromatic carbocycles. The number of aryl methyl sites for hydroxylation is 1. The predicted octanol–water partition coefficient (Wildman–Crippen LogP) is 0.321. The van der Waals surface area contributed by atoms with E-state index >= 15 is 0 Å². The van der Waals surface area contributed by atoms with Crippen LogP contribution in [0.1, 0.15) is 16.4 Å². The summed E-state index contributed by atoms with van der Waals surface area (Å²) in [7, 11) is -2.37. The average Bonchev–Trinajstić information content (AvgIpc) is 2.28. The molecule has 0 fully saturated rings. The molecule has 12 heavy (non-hydrogen) atoms. The van der Waals surface area contributed by atoms with Crippen LogP contribution in [0.4, 0.5) is 5.13 Å². The molecule has 1 unspecified atom stereocenters. The van der Waals surface area contributed by atoms with Gasteiger partial charge in [-0.1, -0.05) is 11.3 Å². The van der Waals surface area contributed by atoms with Crippen LogP contribution in [0.2, 0.25) is 0 Å². The predicted molar refractivity (Wildman–Crippen MR) is 47.6 cm³/mol. The van der Waals surface area contributed by atoms with Crippen LogP contribution < -0.4 is 5.73 Å². The second-order valence-corrected chi connectivity index (χ2v) is 4.39. The standard InChI is InChI=1S/C5H9N2O3PS/c1-2-3(4(8)11(9)10)12-5(6)7-2/h4,8-10H,1H3,(H2,6,7). The molecule has 1 heterocycles.